The lowest BCUT2D eigenvalue weighted by molar-refractivity contribution is -0.00498. The summed E-state index contributed by atoms with van der Waals surface area (Å²) in [5.41, 5.74) is 0.989. The maximum Gasteiger partial charge on any atom is 0.225 e. The highest BCUT2D eigenvalue weighted by molar-refractivity contribution is 5.31. The smallest absolute Gasteiger partial charge is 0.225 e. The van der Waals surface area contributed by atoms with Gasteiger partial charge in [-0.1, -0.05) is 0 Å². The third-order valence-corrected chi connectivity index (χ3v) is 3.94. The second-order valence-electron chi connectivity index (χ2n) is 5.74. The minimum Gasteiger partial charge on any atom is -0.383 e. The van der Waals surface area contributed by atoms with Crippen LogP contribution in [0.25, 0.3) is 0 Å². The summed E-state index contributed by atoms with van der Waals surface area (Å²) < 4.78 is 10.6. The summed E-state index contributed by atoms with van der Waals surface area (Å²) in [4.78, 5) is 11.2. The number of hydrogen-bond acceptors (Lipinski definition) is 6. The van der Waals surface area contributed by atoms with Crippen molar-refractivity contribution in [1.29, 1.82) is 0 Å². The van der Waals surface area contributed by atoms with Crippen molar-refractivity contribution in [2.24, 2.45) is 0 Å². The SMILES string of the molecule is COCCNCc1cnc(N2CCCC(C)(OC)C2)nc1. The Morgan fingerprint density at radius 2 is 2.10 bits per heavy atom. The summed E-state index contributed by atoms with van der Waals surface area (Å²) in [6.45, 7) is 6.28. The molecule has 118 valence electrons. The highest BCUT2D eigenvalue weighted by atomic mass is 16.5. The van der Waals surface area contributed by atoms with E-state index in [9.17, 15) is 0 Å². The molecule has 1 aliphatic rings. The van der Waals surface area contributed by atoms with E-state index in [1.807, 2.05) is 12.4 Å². The van der Waals surface area contributed by atoms with Crippen LogP contribution in [0, 0.1) is 0 Å². The summed E-state index contributed by atoms with van der Waals surface area (Å²) >= 11 is 0. The van der Waals surface area contributed by atoms with Gasteiger partial charge in [-0.15, -0.1) is 0 Å². The van der Waals surface area contributed by atoms with Gasteiger partial charge >= 0.3 is 0 Å². The van der Waals surface area contributed by atoms with Gasteiger partial charge in [-0.2, -0.15) is 0 Å². The van der Waals surface area contributed by atoms with Gasteiger partial charge < -0.3 is 19.7 Å². The summed E-state index contributed by atoms with van der Waals surface area (Å²) in [7, 11) is 3.48. The first-order valence-electron chi connectivity index (χ1n) is 7.47. The normalized spacial score (nSPS) is 22.5. The molecule has 1 N–H and O–H groups in total. The quantitative estimate of drug-likeness (QED) is 0.763. The van der Waals surface area contributed by atoms with Crippen LogP contribution in [-0.4, -0.2) is 56.0 Å². The third-order valence-electron chi connectivity index (χ3n) is 3.94. The largest absolute Gasteiger partial charge is 0.383 e. The number of ether oxygens (including phenoxy) is 2. The van der Waals surface area contributed by atoms with E-state index in [1.54, 1.807) is 14.2 Å². The van der Waals surface area contributed by atoms with Crippen molar-refractivity contribution < 1.29 is 9.47 Å². The lowest BCUT2D eigenvalue weighted by Gasteiger charge is -2.39. The second kappa shape index (κ2) is 7.68. The molecule has 2 rings (SSSR count). The molecule has 0 spiro atoms. The number of nitrogens with one attached hydrogen (secondary N) is 1. The van der Waals surface area contributed by atoms with E-state index in [0.29, 0.717) is 6.61 Å². The lowest BCUT2D eigenvalue weighted by Crippen LogP contribution is -2.48. The van der Waals surface area contributed by atoms with Crippen LogP contribution in [0.5, 0.6) is 0 Å². The van der Waals surface area contributed by atoms with Gasteiger partial charge in [0.15, 0.2) is 0 Å². The Bertz CT molecular complexity index is 426. The Hall–Kier alpha value is -1.24. The maximum atomic E-state index is 5.61. The van der Waals surface area contributed by atoms with Gasteiger partial charge in [-0.05, 0) is 19.8 Å². The monoisotopic (exact) mass is 294 g/mol. The van der Waals surface area contributed by atoms with Crippen molar-refractivity contribution in [2.45, 2.75) is 31.9 Å². The molecule has 0 saturated carbocycles. The molecule has 1 aromatic heterocycles. The summed E-state index contributed by atoms with van der Waals surface area (Å²) in [5.74, 6) is 0.790. The van der Waals surface area contributed by atoms with Crippen LogP contribution in [-0.2, 0) is 16.0 Å². The van der Waals surface area contributed by atoms with Crippen LogP contribution in [0.3, 0.4) is 0 Å². The number of nitrogens with zero attached hydrogens (tertiary/aromatic N) is 3. The van der Waals surface area contributed by atoms with Crippen LogP contribution >= 0.6 is 0 Å². The molecule has 2 heterocycles. The van der Waals surface area contributed by atoms with Crippen molar-refractivity contribution in [2.75, 3.05) is 45.4 Å². The first-order chi connectivity index (χ1) is 10.2. The van der Waals surface area contributed by atoms with E-state index < -0.39 is 0 Å². The fourth-order valence-corrected chi connectivity index (χ4v) is 2.55. The molecule has 21 heavy (non-hydrogen) atoms. The minimum atomic E-state index is -0.0952. The Kier molecular flexibility index (Phi) is 5.90. The molecule has 0 amide bonds. The molecule has 1 saturated heterocycles. The molecule has 6 heteroatoms. The first-order valence-corrected chi connectivity index (χ1v) is 7.47. The van der Waals surface area contributed by atoms with Gasteiger partial charge in [0, 0.05) is 58.4 Å². The Labute approximate surface area is 126 Å². The van der Waals surface area contributed by atoms with Crippen molar-refractivity contribution in [3.05, 3.63) is 18.0 Å². The van der Waals surface area contributed by atoms with E-state index >= 15 is 0 Å². The summed E-state index contributed by atoms with van der Waals surface area (Å²) in [6.07, 6.45) is 5.97. The van der Waals surface area contributed by atoms with Crippen LogP contribution in [0.4, 0.5) is 5.95 Å². The lowest BCUT2D eigenvalue weighted by atomic mass is 9.95. The van der Waals surface area contributed by atoms with E-state index in [4.69, 9.17) is 9.47 Å². The van der Waals surface area contributed by atoms with Crippen molar-refractivity contribution >= 4 is 5.95 Å². The summed E-state index contributed by atoms with van der Waals surface area (Å²) in [5, 5.41) is 3.29. The molecule has 1 fully saturated rings. The molecule has 0 aliphatic carbocycles. The Morgan fingerprint density at radius 3 is 2.76 bits per heavy atom. The number of rotatable bonds is 7. The maximum absolute atomic E-state index is 5.61. The highest BCUT2D eigenvalue weighted by Crippen LogP contribution is 2.25. The molecule has 0 aromatic carbocycles. The van der Waals surface area contributed by atoms with Gasteiger partial charge in [-0.25, -0.2) is 9.97 Å². The topological polar surface area (TPSA) is 59.5 Å². The third kappa shape index (κ3) is 4.62. The first kappa shape index (κ1) is 16.1. The van der Waals surface area contributed by atoms with Gasteiger partial charge in [0.05, 0.1) is 12.2 Å². The van der Waals surface area contributed by atoms with Crippen LogP contribution < -0.4 is 10.2 Å². The second-order valence-corrected chi connectivity index (χ2v) is 5.74. The number of anilines is 1. The van der Waals surface area contributed by atoms with Gasteiger partial charge in [0.2, 0.25) is 5.95 Å². The number of piperidine rings is 1. The van der Waals surface area contributed by atoms with E-state index in [0.717, 1.165) is 50.5 Å². The Balaban J connectivity index is 1.89. The average molecular weight is 294 g/mol. The van der Waals surface area contributed by atoms with Crippen LogP contribution in [0.15, 0.2) is 12.4 Å². The predicted molar refractivity (Wildman–Crippen MR) is 82.5 cm³/mol. The summed E-state index contributed by atoms with van der Waals surface area (Å²) in [6, 6.07) is 0. The van der Waals surface area contributed by atoms with Gasteiger partial charge in [0.25, 0.3) is 0 Å². The molecule has 1 unspecified atom stereocenters. The molecule has 0 radical (unpaired) electrons. The fraction of sp³-hybridized carbons (Fsp3) is 0.733. The van der Waals surface area contributed by atoms with E-state index in [1.165, 1.54) is 0 Å². The number of methoxy groups -OCH3 is 2. The average Bonchev–Trinajstić information content (AvgIpc) is 2.52. The zero-order chi connectivity index (χ0) is 15.1. The molecular formula is C15H26N4O2. The number of hydrogen-bond donors (Lipinski definition) is 1. The van der Waals surface area contributed by atoms with Crippen molar-refractivity contribution in [1.82, 2.24) is 15.3 Å². The van der Waals surface area contributed by atoms with Gasteiger partial charge in [0.1, 0.15) is 0 Å². The van der Waals surface area contributed by atoms with Gasteiger partial charge in [-0.3, -0.25) is 0 Å². The Morgan fingerprint density at radius 1 is 1.33 bits per heavy atom. The highest BCUT2D eigenvalue weighted by Gasteiger charge is 2.31. The predicted octanol–water partition coefficient (Wildman–Crippen LogP) is 1.22. The zero-order valence-corrected chi connectivity index (χ0v) is 13.3. The van der Waals surface area contributed by atoms with Crippen LogP contribution in [0.2, 0.25) is 0 Å². The van der Waals surface area contributed by atoms with Crippen LogP contribution in [0.1, 0.15) is 25.3 Å². The minimum absolute atomic E-state index is 0.0952. The van der Waals surface area contributed by atoms with E-state index in [2.05, 4.69) is 27.1 Å². The zero-order valence-electron chi connectivity index (χ0n) is 13.3. The molecule has 1 aromatic rings. The number of aromatic nitrogens is 2. The van der Waals surface area contributed by atoms with Crippen molar-refractivity contribution in [3.8, 4) is 0 Å². The fourth-order valence-electron chi connectivity index (χ4n) is 2.55. The molecule has 1 aliphatic heterocycles. The molecule has 6 nitrogen and oxygen atoms in total. The molecular weight excluding hydrogens is 268 g/mol. The molecule has 0 bridgehead atoms. The standard InChI is InChI=1S/C15H26N4O2/c1-15(21-3)5-4-7-19(12-15)14-17-10-13(11-18-14)9-16-6-8-20-2/h10-11,16H,4-9,12H2,1-3H3. The van der Waals surface area contributed by atoms with Crippen molar-refractivity contribution in [3.63, 3.8) is 0 Å². The van der Waals surface area contributed by atoms with E-state index in [-0.39, 0.29) is 5.60 Å². The molecule has 1 atom stereocenters.